The fourth-order valence-corrected chi connectivity index (χ4v) is 6.27. The molecule has 0 radical (unpaired) electrons. The summed E-state index contributed by atoms with van der Waals surface area (Å²) in [5, 5.41) is 9.06. The lowest BCUT2D eigenvalue weighted by Crippen LogP contribution is -2.40. The van der Waals surface area contributed by atoms with E-state index in [0.717, 1.165) is 37.4 Å². The van der Waals surface area contributed by atoms with Crippen molar-refractivity contribution in [3.63, 3.8) is 0 Å². The number of carbonyl (C=O) groups excluding carboxylic acids is 1. The van der Waals surface area contributed by atoms with Crippen LogP contribution < -0.4 is 4.74 Å². The van der Waals surface area contributed by atoms with Crippen LogP contribution in [0.2, 0.25) is 25.7 Å². The van der Waals surface area contributed by atoms with Crippen LogP contribution in [0.4, 0.5) is 8.78 Å². The lowest BCUT2D eigenvalue weighted by Gasteiger charge is -2.37. The van der Waals surface area contributed by atoms with Crippen molar-refractivity contribution >= 4 is 24.9 Å². The molecule has 1 aliphatic heterocycles. The number of aromatic nitrogens is 4. The minimum atomic E-state index is -1.29. The Labute approximate surface area is 262 Å². The van der Waals surface area contributed by atoms with Crippen LogP contribution in [-0.2, 0) is 27.4 Å². The molecule has 2 aliphatic rings. The van der Waals surface area contributed by atoms with E-state index in [2.05, 4.69) is 41.7 Å². The lowest BCUT2D eigenvalue weighted by molar-refractivity contribution is -0.125. The third kappa shape index (κ3) is 7.18. The first-order chi connectivity index (χ1) is 21.5. The first-order valence-corrected chi connectivity index (χ1v) is 19.3. The van der Waals surface area contributed by atoms with Crippen molar-refractivity contribution in [3.05, 3.63) is 53.7 Å². The zero-order chi connectivity index (χ0) is 31.8. The average Bonchev–Trinajstić information content (AvgIpc) is 3.55. The predicted octanol–water partition coefficient (Wildman–Crippen LogP) is 7.66. The maximum atomic E-state index is 15.4. The first kappa shape index (κ1) is 31.5. The lowest BCUT2D eigenvalue weighted by atomic mass is 9.82. The molecule has 6 rings (SSSR count). The normalized spacial score (nSPS) is 16.5. The van der Waals surface area contributed by atoms with Crippen molar-refractivity contribution in [2.45, 2.75) is 83.8 Å². The average molecular weight is 639 g/mol. The number of pyridine rings is 1. The molecule has 45 heavy (non-hydrogen) atoms. The molecule has 0 N–H and O–H groups in total. The Kier molecular flexibility index (Phi) is 8.91. The van der Waals surface area contributed by atoms with Crippen LogP contribution in [0.1, 0.15) is 56.4 Å². The fourth-order valence-electron chi connectivity index (χ4n) is 5.51. The second kappa shape index (κ2) is 12.7. The number of fused-ring (bicyclic) bond motifs is 1. The van der Waals surface area contributed by atoms with Gasteiger partial charge in [0.25, 0.3) is 0 Å². The Morgan fingerprint density at radius 1 is 1.16 bits per heavy atom. The molecule has 12 heteroatoms. The van der Waals surface area contributed by atoms with Crippen LogP contribution in [0.3, 0.4) is 0 Å². The van der Waals surface area contributed by atoms with E-state index in [0.29, 0.717) is 55.1 Å². The van der Waals surface area contributed by atoms with Crippen LogP contribution in [0.5, 0.6) is 11.5 Å². The van der Waals surface area contributed by atoms with Crippen LogP contribution in [0.25, 0.3) is 22.5 Å². The van der Waals surface area contributed by atoms with Crippen molar-refractivity contribution in [2.24, 2.45) is 5.41 Å². The van der Waals surface area contributed by atoms with Crippen molar-refractivity contribution in [2.75, 3.05) is 19.8 Å². The monoisotopic (exact) mass is 638 g/mol. The van der Waals surface area contributed by atoms with Gasteiger partial charge in [-0.25, -0.2) is 13.8 Å². The molecular weight excluding hydrogens is 598 g/mol. The Morgan fingerprint density at radius 2 is 1.91 bits per heavy atom. The number of rotatable bonds is 14. The van der Waals surface area contributed by atoms with Gasteiger partial charge in [-0.2, -0.15) is 0 Å². The van der Waals surface area contributed by atoms with E-state index in [-0.39, 0.29) is 47.5 Å². The Morgan fingerprint density at radius 3 is 2.56 bits per heavy atom. The number of hydrogen-bond donors (Lipinski definition) is 0. The number of hydrogen-bond acceptors (Lipinski definition) is 8. The number of benzene rings is 1. The van der Waals surface area contributed by atoms with Gasteiger partial charge in [-0.3, -0.25) is 4.79 Å². The molecule has 4 aromatic rings. The molecule has 4 heterocycles. The summed E-state index contributed by atoms with van der Waals surface area (Å²) in [6.45, 7) is 11.0. The molecule has 0 spiro atoms. The molecule has 1 aliphatic carbocycles. The van der Waals surface area contributed by atoms with E-state index in [9.17, 15) is 4.79 Å². The largest absolute Gasteiger partial charge is 0.450 e. The van der Waals surface area contributed by atoms with Crippen LogP contribution in [-0.4, -0.2) is 53.4 Å². The molecule has 0 unspecified atom stereocenters. The summed E-state index contributed by atoms with van der Waals surface area (Å²) in [5.41, 5.74) is 1.28. The van der Waals surface area contributed by atoms with Gasteiger partial charge in [0.15, 0.2) is 17.4 Å². The SMILES string of the molecule is CC1(CCC(=O)Cc2cc(F)c(Oc3ccnc4c3c(-c3nnc(C5CCC5)o3)cn4COCC[Si](C)(C)C)c(F)c2)COC1. The van der Waals surface area contributed by atoms with Gasteiger partial charge in [0, 0.05) is 51.2 Å². The van der Waals surface area contributed by atoms with E-state index in [1.807, 2.05) is 4.57 Å². The molecule has 9 nitrogen and oxygen atoms in total. The second-order valence-corrected chi connectivity index (χ2v) is 19.6. The summed E-state index contributed by atoms with van der Waals surface area (Å²) in [5.74, 6) is -1.18. The zero-order valence-corrected chi connectivity index (χ0v) is 27.3. The number of ketones is 1. The molecule has 2 fully saturated rings. The molecule has 0 bridgehead atoms. The van der Waals surface area contributed by atoms with Gasteiger partial charge >= 0.3 is 0 Å². The van der Waals surface area contributed by atoms with E-state index < -0.39 is 25.5 Å². The highest BCUT2D eigenvalue weighted by molar-refractivity contribution is 6.76. The predicted molar refractivity (Wildman–Crippen MR) is 167 cm³/mol. The molecular formula is C33H40F2N4O5Si. The van der Waals surface area contributed by atoms with Crippen LogP contribution >= 0.6 is 0 Å². The van der Waals surface area contributed by atoms with Crippen molar-refractivity contribution in [1.29, 1.82) is 0 Å². The van der Waals surface area contributed by atoms with Crippen molar-refractivity contribution < 1.29 is 32.2 Å². The minimum absolute atomic E-state index is 0.00235. The standard InChI is InChI=1S/C33H40F2N4O5Si/c1-33(18-42-19-33)10-8-23(40)14-21-15-25(34)29(26(35)16-21)43-27-9-11-36-30-28(27)24(17-39(30)20-41-12-13-45(2,3)4)32-38-37-31(44-32)22-6-5-7-22/h9,11,15-17,22H,5-8,10,12-14,18-20H2,1-4H3. The smallest absolute Gasteiger partial charge is 0.250 e. The number of ether oxygens (including phenoxy) is 3. The van der Waals surface area contributed by atoms with Gasteiger partial charge in [-0.05, 0) is 49.1 Å². The quantitative estimate of drug-likeness (QED) is 0.102. The van der Waals surface area contributed by atoms with Gasteiger partial charge < -0.3 is 23.2 Å². The summed E-state index contributed by atoms with van der Waals surface area (Å²) in [4.78, 5) is 17.1. The number of halogens is 2. The zero-order valence-electron chi connectivity index (χ0n) is 26.3. The highest BCUT2D eigenvalue weighted by Gasteiger charge is 2.33. The van der Waals surface area contributed by atoms with Crippen molar-refractivity contribution in [3.8, 4) is 23.0 Å². The van der Waals surface area contributed by atoms with Gasteiger partial charge in [-0.1, -0.05) is 33.0 Å². The van der Waals surface area contributed by atoms with Crippen LogP contribution in [0, 0.1) is 17.0 Å². The van der Waals surface area contributed by atoms with E-state index in [4.69, 9.17) is 18.6 Å². The number of carbonyl (C=O) groups is 1. The minimum Gasteiger partial charge on any atom is -0.450 e. The highest BCUT2D eigenvalue weighted by Crippen LogP contribution is 2.41. The summed E-state index contributed by atoms with van der Waals surface area (Å²) >= 11 is 0. The number of nitrogens with zero attached hydrogens (tertiary/aromatic N) is 4. The molecule has 240 valence electrons. The van der Waals surface area contributed by atoms with Gasteiger partial charge in [0.1, 0.15) is 23.9 Å². The third-order valence-electron chi connectivity index (χ3n) is 8.65. The second-order valence-electron chi connectivity index (χ2n) is 14.0. The van der Waals surface area contributed by atoms with Gasteiger partial charge in [0.05, 0.1) is 24.2 Å². The molecule has 0 atom stereocenters. The van der Waals surface area contributed by atoms with Crippen LogP contribution in [0.15, 0.2) is 35.0 Å². The van der Waals surface area contributed by atoms with Gasteiger partial charge in [0.2, 0.25) is 11.8 Å². The summed E-state index contributed by atoms with van der Waals surface area (Å²) in [7, 11) is -1.29. The Bertz CT molecular complexity index is 1670. The van der Waals surface area contributed by atoms with E-state index in [1.165, 1.54) is 6.20 Å². The molecule has 1 saturated heterocycles. The maximum Gasteiger partial charge on any atom is 0.250 e. The maximum absolute atomic E-state index is 15.4. The highest BCUT2D eigenvalue weighted by atomic mass is 28.3. The topological polar surface area (TPSA) is 102 Å². The van der Waals surface area contributed by atoms with Gasteiger partial charge in [-0.15, -0.1) is 10.2 Å². The first-order valence-electron chi connectivity index (χ1n) is 15.6. The summed E-state index contributed by atoms with van der Waals surface area (Å²) < 4.78 is 55.8. The summed E-state index contributed by atoms with van der Waals surface area (Å²) in [6.07, 6.45) is 7.39. The summed E-state index contributed by atoms with van der Waals surface area (Å²) in [6, 6.07) is 4.87. The molecule has 3 aromatic heterocycles. The fraction of sp³-hybridized carbons (Fsp3) is 0.515. The van der Waals surface area contributed by atoms with E-state index in [1.54, 1.807) is 12.3 Å². The van der Waals surface area contributed by atoms with Crippen molar-refractivity contribution in [1.82, 2.24) is 19.7 Å². The third-order valence-corrected chi connectivity index (χ3v) is 10.4. The van der Waals surface area contributed by atoms with E-state index >= 15 is 8.78 Å². The Hall–Kier alpha value is -3.48. The molecule has 1 saturated carbocycles. The molecule has 0 amide bonds. The number of Topliss-reactive ketones (excluding diaryl/α,β-unsaturated/α-hetero) is 1. The molecule has 1 aromatic carbocycles. The Balaban J connectivity index is 1.27.